The molecule has 2 heterocycles. The minimum atomic E-state index is -0.198. The van der Waals surface area contributed by atoms with E-state index in [1.54, 1.807) is 24.3 Å². The van der Waals surface area contributed by atoms with Gasteiger partial charge in [0.25, 0.3) is 5.91 Å². The molecule has 0 aliphatic rings. The van der Waals surface area contributed by atoms with Crippen LogP contribution in [0, 0.1) is 0 Å². The van der Waals surface area contributed by atoms with Gasteiger partial charge < -0.3 is 10.6 Å². The Morgan fingerprint density at radius 3 is 2.83 bits per heavy atom. The molecular formula is C17H17N5O2. The third-order valence-electron chi connectivity index (χ3n) is 3.46. The number of pyridine rings is 1. The zero-order valence-electron chi connectivity index (χ0n) is 13.2. The Balaban J connectivity index is 1.60. The van der Waals surface area contributed by atoms with Gasteiger partial charge >= 0.3 is 0 Å². The summed E-state index contributed by atoms with van der Waals surface area (Å²) in [7, 11) is 0. The number of rotatable bonds is 5. The summed E-state index contributed by atoms with van der Waals surface area (Å²) in [5.74, 6) is 0.417. The molecule has 0 unspecified atom stereocenters. The van der Waals surface area contributed by atoms with Gasteiger partial charge in [0.2, 0.25) is 5.91 Å². The predicted molar refractivity (Wildman–Crippen MR) is 89.8 cm³/mol. The molecule has 0 saturated heterocycles. The standard InChI is InChI=1S/C17H17N5O2/c1-12(23)19-14-6-4-5-13(11-14)17(24)18-9-8-16-21-20-15-7-2-3-10-22(15)16/h2-7,10-11H,8-9H2,1H3,(H,18,24)(H,19,23). The number of carbonyl (C=O) groups is 2. The lowest BCUT2D eigenvalue weighted by atomic mass is 10.2. The fourth-order valence-electron chi connectivity index (χ4n) is 2.39. The summed E-state index contributed by atoms with van der Waals surface area (Å²) in [6.07, 6.45) is 2.46. The highest BCUT2D eigenvalue weighted by Crippen LogP contribution is 2.10. The van der Waals surface area contributed by atoms with Crippen LogP contribution in [-0.2, 0) is 11.2 Å². The summed E-state index contributed by atoms with van der Waals surface area (Å²) >= 11 is 0. The summed E-state index contributed by atoms with van der Waals surface area (Å²) in [5, 5.41) is 13.7. The molecule has 2 aromatic heterocycles. The molecule has 122 valence electrons. The van der Waals surface area contributed by atoms with Gasteiger partial charge in [-0.3, -0.25) is 14.0 Å². The van der Waals surface area contributed by atoms with Gasteiger partial charge in [0.1, 0.15) is 5.82 Å². The number of aromatic nitrogens is 3. The Morgan fingerprint density at radius 2 is 2.00 bits per heavy atom. The molecule has 2 N–H and O–H groups in total. The number of anilines is 1. The van der Waals surface area contributed by atoms with Crippen molar-refractivity contribution in [3.05, 3.63) is 60.0 Å². The minimum absolute atomic E-state index is 0.175. The van der Waals surface area contributed by atoms with E-state index in [9.17, 15) is 9.59 Å². The zero-order chi connectivity index (χ0) is 16.9. The van der Waals surface area contributed by atoms with Crippen LogP contribution in [0.1, 0.15) is 23.1 Å². The largest absolute Gasteiger partial charge is 0.352 e. The highest BCUT2D eigenvalue weighted by molar-refractivity contribution is 5.96. The lowest BCUT2D eigenvalue weighted by Gasteiger charge is -2.07. The Hall–Kier alpha value is -3.22. The van der Waals surface area contributed by atoms with Crippen molar-refractivity contribution in [3.63, 3.8) is 0 Å². The van der Waals surface area contributed by atoms with Crippen molar-refractivity contribution in [1.29, 1.82) is 0 Å². The second-order valence-corrected chi connectivity index (χ2v) is 5.31. The molecule has 1 aromatic carbocycles. The van der Waals surface area contributed by atoms with E-state index >= 15 is 0 Å². The topological polar surface area (TPSA) is 88.4 Å². The molecule has 3 aromatic rings. The van der Waals surface area contributed by atoms with E-state index in [-0.39, 0.29) is 11.8 Å². The van der Waals surface area contributed by atoms with E-state index in [1.807, 2.05) is 28.8 Å². The van der Waals surface area contributed by atoms with E-state index in [1.165, 1.54) is 6.92 Å². The average Bonchev–Trinajstić information content (AvgIpc) is 2.98. The van der Waals surface area contributed by atoms with Crippen molar-refractivity contribution >= 4 is 23.1 Å². The lowest BCUT2D eigenvalue weighted by Crippen LogP contribution is -2.26. The van der Waals surface area contributed by atoms with E-state index in [0.29, 0.717) is 24.2 Å². The zero-order valence-corrected chi connectivity index (χ0v) is 13.2. The molecule has 7 nitrogen and oxygen atoms in total. The first kappa shape index (κ1) is 15.7. The molecule has 24 heavy (non-hydrogen) atoms. The Labute approximate surface area is 138 Å². The van der Waals surface area contributed by atoms with Crippen LogP contribution in [0.3, 0.4) is 0 Å². The highest BCUT2D eigenvalue weighted by atomic mass is 16.2. The molecular weight excluding hydrogens is 306 g/mol. The average molecular weight is 323 g/mol. The van der Waals surface area contributed by atoms with E-state index in [4.69, 9.17) is 0 Å². The Kier molecular flexibility index (Phi) is 4.51. The summed E-state index contributed by atoms with van der Waals surface area (Å²) in [4.78, 5) is 23.3. The van der Waals surface area contributed by atoms with Crippen molar-refractivity contribution in [3.8, 4) is 0 Å². The first-order valence-electron chi connectivity index (χ1n) is 7.58. The number of benzene rings is 1. The van der Waals surface area contributed by atoms with Gasteiger partial charge in [0, 0.05) is 37.3 Å². The molecule has 0 fully saturated rings. The van der Waals surface area contributed by atoms with Crippen LogP contribution >= 0.6 is 0 Å². The first-order chi connectivity index (χ1) is 11.6. The van der Waals surface area contributed by atoms with Crippen LogP contribution in [0.2, 0.25) is 0 Å². The molecule has 0 aliphatic carbocycles. The van der Waals surface area contributed by atoms with Crippen molar-refractivity contribution < 1.29 is 9.59 Å². The number of amides is 2. The molecule has 0 radical (unpaired) electrons. The number of carbonyl (C=O) groups excluding carboxylic acids is 2. The van der Waals surface area contributed by atoms with Gasteiger partial charge in [-0.2, -0.15) is 0 Å². The molecule has 0 atom stereocenters. The van der Waals surface area contributed by atoms with E-state index in [0.717, 1.165) is 11.5 Å². The van der Waals surface area contributed by atoms with Crippen LogP contribution in [0.5, 0.6) is 0 Å². The second-order valence-electron chi connectivity index (χ2n) is 5.31. The lowest BCUT2D eigenvalue weighted by molar-refractivity contribution is -0.114. The fraction of sp³-hybridized carbons (Fsp3) is 0.176. The van der Waals surface area contributed by atoms with Crippen LogP contribution < -0.4 is 10.6 Å². The summed E-state index contributed by atoms with van der Waals surface area (Å²) in [6.45, 7) is 1.87. The van der Waals surface area contributed by atoms with Crippen LogP contribution in [0.15, 0.2) is 48.7 Å². The number of hydrogen-bond donors (Lipinski definition) is 2. The predicted octanol–water partition coefficient (Wildman–Crippen LogP) is 1.66. The molecule has 0 saturated carbocycles. The molecule has 2 amide bonds. The minimum Gasteiger partial charge on any atom is -0.352 e. The van der Waals surface area contributed by atoms with Gasteiger partial charge in [-0.25, -0.2) is 0 Å². The molecule has 7 heteroatoms. The number of nitrogens with zero attached hydrogens (tertiary/aromatic N) is 3. The molecule has 3 rings (SSSR count). The van der Waals surface area contributed by atoms with Crippen LogP contribution in [-0.4, -0.2) is 33.0 Å². The van der Waals surface area contributed by atoms with Crippen molar-refractivity contribution in [1.82, 2.24) is 19.9 Å². The van der Waals surface area contributed by atoms with Gasteiger partial charge in [-0.05, 0) is 30.3 Å². The van der Waals surface area contributed by atoms with Crippen molar-refractivity contribution in [2.45, 2.75) is 13.3 Å². The smallest absolute Gasteiger partial charge is 0.251 e. The fourth-order valence-corrected chi connectivity index (χ4v) is 2.39. The summed E-state index contributed by atoms with van der Waals surface area (Å²) < 4.78 is 1.89. The second kappa shape index (κ2) is 6.91. The third kappa shape index (κ3) is 3.57. The highest BCUT2D eigenvalue weighted by Gasteiger charge is 2.08. The molecule has 0 spiro atoms. The third-order valence-corrected chi connectivity index (χ3v) is 3.46. The maximum atomic E-state index is 12.2. The maximum Gasteiger partial charge on any atom is 0.251 e. The summed E-state index contributed by atoms with van der Waals surface area (Å²) in [6, 6.07) is 12.5. The molecule has 0 bridgehead atoms. The Bertz CT molecular complexity index is 887. The van der Waals surface area contributed by atoms with Crippen molar-refractivity contribution in [2.75, 3.05) is 11.9 Å². The SMILES string of the molecule is CC(=O)Nc1cccc(C(=O)NCCc2nnc3ccccn23)c1. The molecule has 0 aliphatic heterocycles. The van der Waals surface area contributed by atoms with Crippen LogP contribution in [0.25, 0.3) is 5.65 Å². The summed E-state index contributed by atoms with van der Waals surface area (Å²) in [5.41, 5.74) is 1.87. The number of fused-ring (bicyclic) bond motifs is 1. The van der Waals surface area contributed by atoms with Gasteiger partial charge in [-0.15, -0.1) is 10.2 Å². The normalized spacial score (nSPS) is 10.5. The monoisotopic (exact) mass is 323 g/mol. The first-order valence-corrected chi connectivity index (χ1v) is 7.58. The quantitative estimate of drug-likeness (QED) is 0.747. The van der Waals surface area contributed by atoms with Crippen LogP contribution in [0.4, 0.5) is 5.69 Å². The van der Waals surface area contributed by atoms with Crippen molar-refractivity contribution in [2.24, 2.45) is 0 Å². The van der Waals surface area contributed by atoms with Gasteiger partial charge in [0.15, 0.2) is 5.65 Å². The Morgan fingerprint density at radius 1 is 1.12 bits per heavy atom. The van der Waals surface area contributed by atoms with E-state index < -0.39 is 0 Å². The van der Waals surface area contributed by atoms with Gasteiger partial charge in [0.05, 0.1) is 0 Å². The maximum absolute atomic E-state index is 12.2. The van der Waals surface area contributed by atoms with Gasteiger partial charge in [-0.1, -0.05) is 12.1 Å². The number of hydrogen-bond acceptors (Lipinski definition) is 4. The number of nitrogens with one attached hydrogen (secondary N) is 2. The van der Waals surface area contributed by atoms with E-state index in [2.05, 4.69) is 20.8 Å².